The summed E-state index contributed by atoms with van der Waals surface area (Å²) in [4.78, 5) is 8.94. The first-order valence-corrected chi connectivity index (χ1v) is 10.8. The highest BCUT2D eigenvalue weighted by atomic mass is 16.6. The van der Waals surface area contributed by atoms with Gasteiger partial charge >= 0.3 is 0 Å². The third-order valence-electron chi connectivity index (χ3n) is 5.91. The van der Waals surface area contributed by atoms with E-state index in [0.29, 0.717) is 34.0 Å². The highest BCUT2D eigenvalue weighted by Crippen LogP contribution is 2.39. The zero-order valence-corrected chi connectivity index (χ0v) is 18.9. The van der Waals surface area contributed by atoms with Crippen LogP contribution in [-0.2, 0) is 4.74 Å². The average molecular weight is 463 g/mol. The number of benzene rings is 2. The molecule has 0 bridgehead atoms. The van der Waals surface area contributed by atoms with Gasteiger partial charge in [-0.3, -0.25) is 0 Å². The molecule has 2 aromatic carbocycles. The molecule has 0 radical (unpaired) electrons. The van der Waals surface area contributed by atoms with Gasteiger partial charge in [0.15, 0.2) is 11.9 Å². The molecule has 1 aliphatic rings. The Morgan fingerprint density at radius 2 is 1.82 bits per heavy atom. The molecular formula is C24H25N5O5. The SMILES string of the molecule is COc1cccc(-c2nn([C@@H]3O[C@H](C)[C@@H](O)[C@H]3O)c3ncnc(Nc4ccccc4OC)c23)c1. The quantitative estimate of drug-likeness (QED) is 0.396. The van der Waals surface area contributed by atoms with E-state index in [-0.39, 0.29) is 0 Å². The third kappa shape index (κ3) is 3.71. The first-order chi connectivity index (χ1) is 16.5. The fourth-order valence-electron chi connectivity index (χ4n) is 4.12. The molecule has 1 saturated heterocycles. The number of hydrogen-bond donors (Lipinski definition) is 3. The summed E-state index contributed by atoms with van der Waals surface area (Å²) in [5, 5.41) is 29.6. The molecule has 0 amide bonds. The molecular weight excluding hydrogens is 438 g/mol. The van der Waals surface area contributed by atoms with E-state index in [4.69, 9.17) is 19.3 Å². The molecule has 0 aliphatic carbocycles. The van der Waals surface area contributed by atoms with Gasteiger partial charge in [-0.15, -0.1) is 0 Å². The van der Waals surface area contributed by atoms with Crippen molar-refractivity contribution in [3.05, 3.63) is 54.9 Å². The Bertz CT molecular complexity index is 1330. The van der Waals surface area contributed by atoms with E-state index < -0.39 is 24.5 Å². The van der Waals surface area contributed by atoms with Crippen molar-refractivity contribution >= 4 is 22.5 Å². The van der Waals surface area contributed by atoms with Gasteiger partial charge in [-0.05, 0) is 31.2 Å². The molecule has 2 aromatic heterocycles. The van der Waals surface area contributed by atoms with Crippen molar-refractivity contribution in [2.75, 3.05) is 19.5 Å². The van der Waals surface area contributed by atoms with Crippen molar-refractivity contribution < 1.29 is 24.4 Å². The zero-order valence-electron chi connectivity index (χ0n) is 18.9. The van der Waals surface area contributed by atoms with Gasteiger partial charge in [-0.25, -0.2) is 14.6 Å². The topological polar surface area (TPSA) is 124 Å². The first kappa shape index (κ1) is 22.1. The summed E-state index contributed by atoms with van der Waals surface area (Å²) >= 11 is 0. The average Bonchev–Trinajstić information content (AvgIpc) is 3.38. The van der Waals surface area contributed by atoms with Crippen LogP contribution in [0.15, 0.2) is 54.9 Å². The van der Waals surface area contributed by atoms with Crippen molar-refractivity contribution in [3.8, 4) is 22.8 Å². The minimum Gasteiger partial charge on any atom is -0.497 e. The van der Waals surface area contributed by atoms with Crippen LogP contribution < -0.4 is 14.8 Å². The van der Waals surface area contributed by atoms with Gasteiger partial charge in [-0.1, -0.05) is 24.3 Å². The van der Waals surface area contributed by atoms with Crippen LogP contribution in [0.4, 0.5) is 11.5 Å². The van der Waals surface area contributed by atoms with Crippen molar-refractivity contribution in [1.82, 2.24) is 19.7 Å². The number of nitrogens with zero attached hydrogens (tertiary/aromatic N) is 4. The molecule has 34 heavy (non-hydrogen) atoms. The predicted molar refractivity (Wildman–Crippen MR) is 125 cm³/mol. The Hall–Kier alpha value is -3.73. The Balaban J connectivity index is 1.72. The summed E-state index contributed by atoms with van der Waals surface area (Å²) in [5.74, 6) is 1.81. The molecule has 5 rings (SSSR count). The lowest BCUT2D eigenvalue weighted by Gasteiger charge is -2.15. The van der Waals surface area contributed by atoms with Crippen LogP contribution in [-0.4, -0.2) is 62.5 Å². The van der Waals surface area contributed by atoms with E-state index in [2.05, 4.69) is 15.3 Å². The molecule has 3 N–H and O–H groups in total. The van der Waals surface area contributed by atoms with Crippen LogP contribution in [0.3, 0.4) is 0 Å². The number of methoxy groups -OCH3 is 2. The number of hydrogen-bond acceptors (Lipinski definition) is 9. The largest absolute Gasteiger partial charge is 0.497 e. The number of rotatable bonds is 6. The van der Waals surface area contributed by atoms with Gasteiger partial charge < -0.3 is 29.7 Å². The Kier molecular flexibility index (Phi) is 5.78. The van der Waals surface area contributed by atoms with Gasteiger partial charge in [0.25, 0.3) is 0 Å². The number of para-hydroxylation sites is 2. The van der Waals surface area contributed by atoms with Crippen LogP contribution in [0.2, 0.25) is 0 Å². The molecule has 4 atom stereocenters. The molecule has 0 spiro atoms. The molecule has 10 heteroatoms. The van der Waals surface area contributed by atoms with Crippen molar-refractivity contribution in [1.29, 1.82) is 0 Å². The van der Waals surface area contributed by atoms with E-state index in [1.165, 1.54) is 11.0 Å². The van der Waals surface area contributed by atoms with Gasteiger partial charge in [0.1, 0.15) is 41.5 Å². The highest BCUT2D eigenvalue weighted by molar-refractivity contribution is 6.00. The minimum atomic E-state index is -1.17. The summed E-state index contributed by atoms with van der Waals surface area (Å²) in [5.41, 5.74) is 2.49. The molecule has 176 valence electrons. The minimum absolute atomic E-state index is 0.440. The zero-order chi connectivity index (χ0) is 23.8. The van der Waals surface area contributed by atoms with Crippen LogP contribution >= 0.6 is 0 Å². The second kappa shape index (κ2) is 8.90. The fourth-order valence-corrected chi connectivity index (χ4v) is 4.12. The van der Waals surface area contributed by atoms with Crippen LogP contribution in [0.25, 0.3) is 22.3 Å². The third-order valence-corrected chi connectivity index (χ3v) is 5.91. The number of anilines is 2. The number of aliphatic hydroxyl groups excluding tert-OH is 2. The first-order valence-electron chi connectivity index (χ1n) is 10.8. The van der Waals surface area contributed by atoms with E-state index in [0.717, 1.165) is 11.3 Å². The maximum absolute atomic E-state index is 10.6. The molecule has 3 heterocycles. The van der Waals surface area contributed by atoms with Crippen LogP contribution in [0.5, 0.6) is 11.5 Å². The lowest BCUT2D eigenvalue weighted by Crippen LogP contribution is -2.30. The number of aromatic nitrogens is 4. The van der Waals surface area contributed by atoms with Crippen molar-refractivity contribution in [2.45, 2.75) is 31.5 Å². The van der Waals surface area contributed by atoms with E-state index in [1.54, 1.807) is 21.1 Å². The lowest BCUT2D eigenvalue weighted by atomic mass is 10.1. The predicted octanol–water partition coefficient (Wildman–Crippen LogP) is 2.89. The number of nitrogens with one attached hydrogen (secondary N) is 1. The maximum atomic E-state index is 10.6. The Labute approximate surface area is 195 Å². The second-order valence-corrected chi connectivity index (χ2v) is 7.98. The van der Waals surface area contributed by atoms with Crippen molar-refractivity contribution in [2.24, 2.45) is 0 Å². The smallest absolute Gasteiger partial charge is 0.181 e. The standard InChI is InChI=1S/C24H25N5O5/c1-13-20(30)21(31)24(34-13)29-23-18(19(28-29)14-7-6-8-15(11-14)32-2)22(25-12-26-23)27-16-9-4-5-10-17(16)33-3/h4-13,20-21,24,30-31H,1-3H3,(H,25,26,27)/t13-,20-,21-,24-/m1/s1. The Morgan fingerprint density at radius 3 is 2.56 bits per heavy atom. The van der Waals surface area contributed by atoms with Gasteiger partial charge in [0, 0.05) is 5.56 Å². The van der Waals surface area contributed by atoms with Gasteiger partial charge in [0.05, 0.1) is 31.4 Å². The van der Waals surface area contributed by atoms with E-state index >= 15 is 0 Å². The molecule has 1 aliphatic heterocycles. The second-order valence-electron chi connectivity index (χ2n) is 7.98. The highest BCUT2D eigenvalue weighted by Gasteiger charge is 2.43. The van der Waals surface area contributed by atoms with Gasteiger partial charge in [0.2, 0.25) is 0 Å². The normalized spacial score (nSPS) is 22.1. The van der Waals surface area contributed by atoms with Crippen molar-refractivity contribution in [3.63, 3.8) is 0 Å². The monoisotopic (exact) mass is 463 g/mol. The lowest BCUT2D eigenvalue weighted by molar-refractivity contribution is -0.0370. The summed E-state index contributed by atoms with van der Waals surface area (Å²) in [6, 6.07) is 15.0. The molecule has 0 unspecified atom stereocenters. The molecule has 0 saturated carbocycles. The summed E-state index contributed by atoms with van der Waals surface area (Å²) in [6.45, 7) is 1.70. The molecule has 10 nitrogen and oxygen atoms in total. The summed E-state index contributed by atoms with van der Waals surface area (Å²) in [7, 11) is 3.19. The summed E-state index contributed by atoms with van der Waals surface area (Å²) in [6.07, 6.45) is -2.28. The van der Waals surface area contributed by atoms with Crippen LogP contribution in [0.1, 0.15) is 13.2 Å². The Morgan fingerprint density at radius 1 is 1.00 bits per heavy atom. The van der Waals surface area contributed by atoms with Crippen LogP contribution in [0, 0.1) is 0 Å². The molecule has 4 aromatic rings. The van der Waals surface area contributed by atoms with Gasteiger partial charge in [-0.2, -0.15) is 5.10 Å². The van der Waals surface area contributed by atoms with E-state index in [1.807, 2.05) is 48.5 Å². The number of aliphatic hydroxyl groups is 2. The fraction of sp³-hybridized carbons (Fsp3) is 0.292. The number of ether oxygens (including phenoxy) is 3. The number of fused-ring (bicyclic) bond motifs is 1. The maximum Gasteiger partial charge on any atom is 0.181 e. The van der Waals surface area contributed by atoms with E-state index in [9.17, 15) is 10.2 Å². The summed E-state index contributed by atoms with van der Waals surface area (Å²) < 4.78 is 18.2. The molecule has 1 fully saturated rings.